The molecule has 2 heterocycles. The highest BCUT2D eigenvalue weighted by Crippen LogP contribution is 2.37. The minimum absolute atomic E-state index is 0.0167. The largest absolute Gasteiger partial charge is 0.394 e. The van der Waals surface area contributed by atoms with Crippen molar-refractivity contribution in [2.45, 2.75) is 24.0 Å². The van der Waals surface area contributed by atoms with Crippen LogP contribution in [0.15, 0.2) is 17.1 Å². The SMILES string of the molecule is C#CC1(O)[C@@H](O)[C@@H](CO)O[C@H]1n1ccc(=O)[nH]c1=S. The zero-order valence-corrected chi connectivity index (χ0v) is 10.5. The first-order chi connectivity index (χ1) is 8.93. The lowest BCUT2D eigenvalue weighted by Crippen LogP contribution is -2.46. The summed E-state index contributed by atoms with van der Waals surface area (Å²) in [5, 5.41) is 29.3. The van der Waals surface area contributed by atoms with E-state index >= 15 is 0 Å². The Morgan fingerprint density at radius 2 is 2.37 bits per heavy atom. The average Bonchev–Trinajstić information content (AvgIpc) is 2.63. The normalized spacial score (nSPS) is 34.1. The summed E-state index contributed by atoms with van der Waals surface area (Å²) >= 11 is 4.94. The summed E-state index contributed by atoms with van der Waals surface area (Å²) in [4.78, 5) is 13.4. The van der Waals surface area contributed by atoms with Crippen molar-refractivity contribution >= 4 is 12.2 Å². The number of ether oxygens (including phenoxy) is 1. The van der Waals surface area contributed by atoms with E-state index < -0.39 is 36.2 Å². The number of aliphatic hydroxyl groups excluding tert-OH is 2. The number of nitrogens with zero attached hydrogens (tertiary/aromatic N) is 1. The molecule has 0 amide bonds. The lowest BCUT2D eigenvalue weighted by molar-refractivity contribution is -0.0754. The topological polar surface area (TPSA) is 108 Å². The lowest BCUT2D eigenvalue weighted by Gasteiger charge is -2.26. The van der Waals surface area contributed by atoms with Gasteiger partial charge in [-0.15, -0.1) is 6.42 Å². The summed E-state index contributed by atoms with van der Waals surface area (Å²) in [5.74, 6) is 2.06. The van der Waals surface area contributed by atoms with E-state index in [0.29, 0.717) is 0 Å². The van der Waals surface area contributed by atoms with Gasteiger partial charge in [-0.2, -0.15) is 0 Å². The van der Waals surface area contributed by atoms with Gasteiger partial charge in [0.1, 0.15) is 12.2 Å². The molecule has 102 valence electrons. The fourth-order valence-electron chi connectivity index (χ4n) is 1.96. The highest BCUT2D eigenvalue weighted by Gasteiger charge is 2.55. The number of aliphatic hydroxyl groups is 3. The van der Waals surface area contributed by atoms with Gasteiger partial charge in [0, 0.05) is 12.3 Å². The third-order valence-electron chi connectivity index (χ3n) is 3.00. The quantitative estimate of drug-likeness (QED) is 0.390. The van der Waals surface area contributed by atoms with Gasteiger partial charge in [0.05, 0.1) is 6.61 Å². The van der Waals surface area contributed by atoms with Gasteiger partial charge in [-0.3, -0.25) is 14.3 Å². The van der Waals surface area contributed by atoms with E-state index in [4.69, 9.17) is 28.5 Å². The van der Waals surface area contributed by atoms with Crippen LogP contribution in [0.4, 0.5) is 0 Å². The van der Waals surface area contributed by atoms with E-state index in [1.807, 2.05) is 0 Å². The van der Waals surface area contributed by atoms with E-state index in [9.17, 15) is 15.0 Å². The fourth-order valence-corrected chi connectivity index (χ4v) is 2.22. The first kappa shape index (κ1) is 13.9. The van der Waals surface area contributed by atoms with Crippen molar-refractivity contribution in [1.82, 2.24) is 9.55 Å². The van der Waals surface area contributed by atoms with E-state index in [1.54, 1.807) is 0 Å². The molecule has 0 aromatic carbocycles. The monoisotopic (exact) mass is 284 g/mol. The summed E-state index contributed by atoms with van der Waals surface area (Å²) in [7, 11) is 0. The van der Waals surface area contributed by atoms with E-state index in [1.165, 1.54) is 16.8 Å². The number of nitrogens with one attached hydrogen (secondary N) is 1. The third-order valence-corrected chi connectivity index (χ3v) is 3.31. The van der Waals surface area contributed by atoms with Gasteiger partial charge in [0.2, 0.25) is 0 Å². The number of aromatic amines is 1. The van der Waals surface area contributed by atoms with Crippen LogP contribution in [0.1, 0.15) is 6.23 Å². The number of aromatic nitrogens is 2. The summed E-state index contributed by atoms with van der Waals surface area (Å²) in [5.41, 5.74) is -2.47. The van der Waals surface area contributed by atoms with Gasteiger partial charge in [0.15, 0.2) is 16.6 Å². The maximum atomic E-state index is 11.1. The summed E-state index contributed by atoms with van der Waals surface area (Å²) in [6, 6.07) is 1.18. The minimum atomic E-state index is -2.05. The number of hydrogen-bond acceptors (Lipinski definition) is 6. The number of rotatable bonds is 2. The smallest absolute Gasteiger partial charge is 0.251 e. The minimum Gasteiger partial charge on any atom is -0.394 e. The van der Waals surface area contributed by atoms with Crippen LogP contribution < -0.4 is 5.56 Å². The van der Waals surface area contributed by atoms with Gasteiger partial charge < -0.3 is 20.1 Å². The van der Waals surface area contributed by atoms with Gasteiger partial charge in [-0.1, -0.05) is 5.92 Å². The average molecular weight is 284 g/mol. The Bertz CT molecular complexity index is 633. The Hall–Kier alpha value is -1.50. The van der Waals surface area contributed by atoms with E-state index in [-0.39, 0.29) is 4.77 Å². The second-order valence-corrected chi connectivity index (χ2v) is 4.53. The van der Waals surface area contributed by atoms with Gasteiger partial charge in [0.25, 0.3) is 5.56 Å². The van der Waals surface area contributed by atoms with Crippen LogP contribution in [-0.4, -0.2) is 49.3 Å². The number of hydrogen-bond donors (Lipinski definition) is 4. The molecule has 19 heavy (non-hydrogen) atoms. The molecule has 8 heteroatoms. The van der Waals surface area contributed by atoms with Crippen LogP contribution in [0.5, 0.6) is 0 Å². The Morgan fingerprint density at radius 1 is 1.68 bits per heavy atom. The van der Waals surface area contributed by atoms with E-state index in [0.717, 1.165) is 0 Å². The van der Waals surface area contributed by atoms with E-state index in [2.05, 4.69) is 10.9 Å². The molecule has 0 saturated carbocycles. The van der Waals surface area contributed by atoms with Crippen LogP contribution in [0.3, 0.4) is 0 Å². The molecule has 1 aromatic rings. The van der Waals surface area contributed by atoms with Crippen molar-refractivity contribution in [3.63, 3.8) is 0 Å². The zero-order valence-electron chi connectivity index (χ0n) is 9.68. The number of H-pyrrole nitrogens is 1. The molecule has 7 nitrogen and oxygen atoms in total. The maximum absolute atomic E-state index is 11.1. The van der Waals surface area contributed by atoms with Gasteiger partial charge >= 0.3 is 0 Å². The molecule has 0 bridgehead atoms. The molecule has 1 aliphatic heterocycles. The molecular weight excluding hydrogens is 272 g/mol. The predicted molar refractivity (Wildman–Crippen MR) is 66.7 cm³/mol. The van der Waals surface area contributed by atoms with Crippen molar-refractivity contribution in [2.24, 2.45) is 0 Å². The maximum Gasteiger partial charge on any atom is 0.251 e. The molecule has 4 atom stereocenters. The highest BCUT2D eigenvalue weighted by molar-refractivity contribution is 7.71. The lowest BCUT2D eigenvalue weighted by atomic mass is 9.95. The molecular formula is C11H12N2O5S. The van der Waals surface area contributed by atoms with Crippen molar-refractivity contribution in [1.29, 1.82) is 0 Å². The molecule has 0 radical (unpaired) electrons. The number of terminal acetylenes is 1. The van der Waals surface area contributed by atoms with Gasteiger partial charge in [-0.05, 0) is 12.2 Å². The molecule has 1 fully saturated rings. The summed E-state index contributed by atoms with van der Waals surface area (Å²) < 4.78 is 6.52. The highest BCUT2D eigenvalue weighted by atomic mass is 32.1. The molecule has 0 spiro atoms. The Labute approximate surface area is 113 Å². The second-order valence-electron chi connectivity index (χ2n) is 4.14. The van der Waals surface area contributed by atoms with Crippen molar-refractivity contribution in [3.8, 4) is 12.3 Å². The van der Waals surface area contributed by atoms with Gasteiger partial charge in [-0.25, -0.2) is 0 Å². The predicted octanol–water partition coefficient (Wildman–Crippen LogP) is -1.48. The standard InChI is InChI=1S/C11H12N2O5S/c1-2-11(17)8(16)6(5-14)18-9(11)13-4-3-7(15)12-10(13)19/h1,3-4,6,8-9,14,16-17H,5H2,(H,12,15,19)/t6-,8+,9-,11?/m1/s1. The third kappa shape index (κ3) is 2.11. The first-order valence-corrected chi connectivity index (χ1v) is 5.81. The summed E-state index contributed by atoms with van der Waals surface area (Å²) in [6.45, 7) is -0.516. The van der Waals surface area contributed by atoms with Crippen LogP contribution in [-0.2, 0) is 4.74 Å². The molecule has 1 saturated heterocycles. The molecule has 1 unspecified atom stereocenters. The molecule has 4 N–H and O–H groups in total. The van der Waals surface area contributed by atoms with Crippen LogP contribution in [0.25, 0.3) is 0 Å². The molecule has 2 rings (SSSR count). The Balaban J connectivity index is 2.52. The Morgan fingerprint density at radius 3 is 2.89 bits per heavy atom. The van der Waals surface area contributed by atoms with Crippen LogP contribution in [0.2, 0.25) is 0 Å². The molecule has 1 aromatic heterocycles. The Kier molecular flexibility index (Phi) is 3.58. The van der Waals surface area contributed by atoms with Crippen LogP contribution >= 0.6 is 12.2 Å². The fraction of sp³-hybridized carbons (Fsp3) is 0.455. The first-order valence-electron chi connectivity index (χ1n) is 5.40. The van der Waals surface area contributed by atoms with Crippen molar-refractivity contribution < 1.29 is 20.1 Å². The van der Waals surface area contributed by atoms with Crippen LogP contribution in [0, 0.1) is 17.1 Å². The molecule has 1 aliphatic rings. The second kappa shape index (κ2) is 4.88. The summed E-state index contributed by atoms with van der Waals surface area (Å²) in [6.07, 6.45) is 2.82. The molecule has 0 aliphatic carbocycles. The van der Waals surface area contributed by atoms with Crippen molar-refractivity contribution in [2.75, 3.05) is 6.61 Å². The zero-order chi connectivity index (χ0) is 14.2. The van der Waals surface area contributed by atoms with Crippen molar-refractivity contribution in [3.05, 3.63) is 27.4 Å².